The fourth-order valence-electron chi connectivity index (χ4n) is 2.82. The van der Waals surface area contributed by atoms with Crippen molar-refractivity contribution in [1.29, 1.82) is 0 Å². The van der Waals surface area contributed by atoms with Crippen LogP contribution in [0.3, 0.4) is 0 Å². The normalized spacial score (nSPS) is 10.9. The van der Waals surface area contributed by atoms with E-state index < -0.39 is 11.7 Å². The number of rotatable bonds is 7. The molecule has 32 heavy (non-hydrogen) atoms. The monoisotopic (exact) mass is 477 g/mol. The van der Waals surface area contributed by atoms with E-state index in [-0.39, 0.29) is 40.6 Å². The molecule has 4 aromatic rings. The summed E-state index contributed by atoms with van der Waals surface area (Å²) in [6.45, 7) is 0.269. The summed E-state index contributed by atoms with van der Waals surface area (Å²) in [6, 6.07) is 11.6. The van der Waals surface area contributed by atoms with Crippen molar-refractivity contribution in [3.63, 3.8) is 0 Å². The number of hydrogen-bond acceptors (Lipinski definition) is 4. The average molecular weight is 478 g/mol. The van der Waals surface area contributed by atoms with Gasteiger partial charge in [-0.05, 0) is 35.9 Å². The van der Waals surface area contributed by atoms with Gasteiger partial charge in [0.25, 0.3) is 5.91 Å². The SMILES string of the molecule is O=C(Nc1nn(Cc2cccc(F)c2)cc1Cl)c1ccn(COc2ccc(F)c(Cl)c2)n1. The minimum absolute atomic E-state index is 0.0156. The maximum absolute atomic E-state index is 13.3. The van der Waals surface area contributed by atoms with Crippen molar-refractivity contribution in [2.45, 2.75) is 13.3 Å². The van der Waals surface area contributed by atoms with Gasteiger partial charge in [-0.3, -0.25) is 9.48 Å². The van der Waals surface area contributed by atoms with Crippen LogP contribution in [0.5, 0.6) is 5.75 Å². The molecule has 0 saturated heterocycles. The molecule has 0 unspecified atom stereocenters. The Balaban J connectivity index is 1.37. The summed E-state index contributed by atoms with van der Waals surface area (Å²) in [5.74, 6) is -0.912. The van der Waals surface area contributed by atoms with Crippen LogP contribution in [-0.4, -0.2) is 25.5 Å². The van der Waals surface area contributed by atoms with Crippen molar-refractivity contribution in [2.24, 2.45) is 0 Å². The van der Waals surface area contributed by atoms with Crippen LogP contribution in [0.4, 0.5) is 14.6 Å². The van der Waals surface area contributed by atoms with E-state index >= 15 is 0 Å². The van der Waals surface area contributed by atoms with E-state index in [2.05, 4.69) is 15.5 Å². The maximum Gasteiger partial charge on any atom is 0.277 e. The number of benzene rings is 2. The molecule has 0 spiro atoms. The number of nitrogens with zero attached hydrogens (tertiary/aromatic N) is 4. The Kier molecular flexibility index (Phi) is 6.38. The van der Waals surface area contributed by atoms with Crippen LogP contribution in [0.15, 0.2) is 60.9 Å². The Morgan fingerprint density at radius 2 is 1.88 bits per heavy atom. The van der Waals surface area contributed by atoms with Crippen LogP contribution in [0.25, 0.3) is 0 Å². The molecule has 1 N–H and O–H groups in total. The van der Waals surface area contributed by atoms with Crippen LogP contribution in [0, 0.1) is 11.6 Å². The van der Waals surface area contributed by atoms with Crippen molar-refractivity contribution >= 4 is 34.9 Å². The predicted molar refractivity (Wildman–Crippen MR) is 115 cm³/mol. The molecule has 0 saturated carbocycles. The van der Waals surface area contributed by atoms with Crippen LogP contribution in [-0.2, 0) is 13.3 Å². The Morgan fingerprint density at radius 3 is 2.66 bits per heavy atom. The minimum Gasteiger partial charge on any atom is -0.471 e. The average Bonchev–Trinajstić information content (AvgIpc) is 3.36. The van der Waals surface area contributed by atoms with Gasteiger partial charge in [-0.1, -0.05) is 35.3 Å². The van der Waals surface area contributed by atoms with Gasteiger partial charge in [0.05, 0.1) is 11.6 Å². The van der Waals surface area contributed by atoms with E-state index in [1.54, 1.807) is 18.3 Å². The van der Waals surface area contributed by atoms with Gasteiger partial charge in [0.1, 0.15) is 22.4 Å². The molecule has 2 heterocycles. The van der Waals surface area contributed by atoms with Gasteiger partial charge in [0, 0.05) is 18.5 Å². The number of aromatic nitrogens is 4. The molecule has 1 amide bonds. The first kappa shape index (κ1) is 21.8. The Bertz CT molecular complexity index is 1270. The quantitative estimate of drug-likeness (QED) is 0.406. The van der Waals surface area contributed by atoms with Gasteiger partial charge < -0.3 is 10.1 Å². The van der Waals surface area contributed by atoms with Crippen molar-refractivity contribution in [3.05, 3.63) is 93.9 Å². The summed E-state index contributed by atoms with van der Waals surface area (Å²) in [5, 5.41) is 11.1. The van der Waals surface area contributed by atoms with Crippen molar-refractivity contribution in [1.82, 2.24) is 19.6 Å². The zero-order valence-electron chi connectivity index (χ0n) is 16.3. The van der Waals surface area contributed by atoms with Gasteiger partial charge in [0.15, 0.2) is 18.2 Å². The highest BCUT2D eigenvalue weighted by atomic mass is 35.5. The molecule has 0 bridgehead atoms. The molecule has 0 aliphatic carbocycles. The second-order valence-corrected chi connectivity index (χ2v) is 7.51. The molecular formula is C21H15Cl2F2N5O2. The van der Waals surface area contributed by atoms with E-state index in [1.807, 2.05) is 0 Å². The fourth-order valence-corrected chi connectivity index (χ4v) is 3.19. The Morgan fingerprint density at radius 1 is 1.03 bits per heavy atom. The molecule has 4 rings (SSSR count). The van der Waals surface area contributed by atoms with Gasteiger partial charge in [-0.2, -0.15) is 10.2 Å². The second kappa shape index (κ2) is 9.37. The molecule has 0 fully saturated rings. The first-order valence-corrected chi connectivity index (χ1v) is 10.0. The number of ether oxygens (including phenoxy) is 1. The minimum atomic E-state index is -0.547. The number of carbonyl (C=O) groups is 1. The summed E-state index contributed by atoms with van der Waals surface area (Å²) in [5.41, 5.74) is 0.810. The zero-order valence-corrected chi connectivity index (χ0v) is 17.8. The predicted octanol–water partition coefficient (Wildman–Crippen LogP) is 5.00. The molecule has 0 radical (unpaired) electrons. The lowest BCUT2D eigenvalue weighted by molar-refractivity contribution is 0.101. The molecule has 2 aromatic heterocycles. The largest absolute Gasteiger partial charge is 0.471 e. The summed E-state index contributed by atoms with van der Waals surface area (Å²) < 4.78 is 34.9. The third-order valence-corrected chi connectivity index (χ3v) is 4.88. The lowest BCUT2D eigenvalue weighted by Gasteiger charge is -2.06. The number of carbonyl (C=O) groups excluding carboxylic acids is 1. The number of hydrogen-bond donors (Lipinski definition) is 1. The fraction of sp³-hybridized carbons (Fsp3) is 0.0952. The second-order valence-electron chi connectivity index (χ2n) is 6.70. The van der Waals surface area contributed by atoms with Gasteiger partial charge in [-0.15, -0.1) is 0 Å². The van der Waals surface area contributed by atoms with E-state index in [4.69, 9.17) is 27.9 Å². The van der Waals surface area contributed by atoms with Gasteiger partial charge in [-0.25, -0.2) is 13.5 Å². The molecule has 164 valence electrons. The summed E-state index contributed by atoms with van der Waals surface area (Å²) in [4.78, 5) is 12.5. The van der Waals surface area contributed by atoms with Gasteiger partial charge in [0.2, 0.25) is 0 Å². The topological polar surface area (TPSA) is 74.0 Å². The van der Waals surface area contributed by atoms with Crippen LogP contribution < -0.4 is 10.1 Å². The highest BCUT2D eigenvalue weighted by Crippen LogP contribution is 2.22. The Hall–Kier alpha value is -3.43. The van der Waals surface area contributed by atoms with Crippen molar-refractivity contribution in [3.8, 4) is 5.75 Å². The first-order valence-electron chi connectivity index (χ1n) is 9.27. The van der Waals surface area contributed by atoms with Crippen LogP contribution in [0.2, 0.25) is 10.0 Å². The van der Waals surface area contributed by atoms with E-state index in [0.717, 1.165) is 0 Å². The van der Waals surface area contributed by atoms with Gasteiger partial charge >= 0.3 is 0 Å². The number of anilines is 1. The van der Waals surface area contributed by atoms with E-state index in [9.17, 15) is 13.6 Å². The summed E-state index contributed by atoms with van der Waals surface area (Å²) in [7, 11) is 0. The highest BCUT2D eigenvalue weighted by molar-refractivity contribution is 6.33. The molecular weight excluding hydrogens is 463 g/mol. The maximum atomic E-state index is 13.3. The van der Waals surface area contributed by atoms with E-state index in [0.29, 0.717) is 11.3 Å². The summed E-state index contributed by atoms with van der Waals surface area (Å²) in [6.07, 6.45) is 3.08. The van der Waals surface area contributed by atoms with Crippen molar-refractivity contribution < 1.29 is 18.3 Å². The molecule has 0 atom stereocenters. The summed E-state index contributed by atoms with van der Waals surface area (Å²) >= 11 is 11.9. The number of amides is 1. The molecule has 0 aliphatic rings. The molecule has 2 aromatic carbocycles. The van der Waals surface area contributed by atoms with Crippen molar-refractivity contribution in [2.75, 3.05) is 5.32 Å². The smallest absolute Gasteiger partial charge is 0.277 e. The molecule has 0 aliphatic heterocycles. The lowest BCUT2D eigenvalue weighted by Crippen LogP contribution is -2.15. The first-order chi connectivity index (χ1) is 15.4. The van der Waals surface area contributed by atoms with Crippen LogP contribution in [0.1, 0.15) is 16.1 Å². The zero-order chi connectivity index (χ0) is 22.7. The van der Waals surface area contributed by atoms with Crippen LogP contribution >= 0.6 is 23.2 Å². The molecule has 7 nitrogen and oxygen atoms in total. The standard InChI is InChI=1S/C21H15Cl2F2N5O2/c22-16-9-15(4-5-18(16)25)32-12-29-7-6-19(27-29)21(31)26-20-17(23)11-30(28-20)10-13-2-1-3-14(24)8-13/h1-9,11H,10,12H2,(H,26,28,31). The third kappa shape index (κ3) is 5.24. The lowest BCUT2D eigenvalue weighted by atomic mass is 10.2. The van der Waals surface area contributed by atoms with E-state index in [1.165, 1.54) is 52.0 Å². The number of halogens is 4. The highest BCUT2D eigenvalue weighted by Gasteiger charge is 2.15. The third-order valence-electron chi connectivity index (χ3n) is 4.31. The number of nitrogens with one attached hydrogen (secondary N) is 1. The Labute approximate surface area is 191 Å². The molecule has 11 heteroatoms.